The predicted molar refractivity (Wildman–Crippen MR) is 90.4 cm³/mol. The lowest BCUT2D eigenvalue weighted by molar-refractivity contribution is -0.127. The molecule has 1 aliphatic heterocycles. The van der Waals surface area contributed by atoms with Crippen LogP contribution in [0.3, 0.4) is 0 Å². The maximum absolute atomic E-state index is 12.1. The summed E-state index contributed by atoms with van der Waals surface area (Å²) in [7, 11) is 0. The molecule has 0 unspecified atom stereocenters. The first-order valence-corrected chi connectivity index (χ1v) is 8.11. The van der Waals surface area contributed by atoms with Gasteiger partial charge >= 0.3 is 0 Å². The van der Waals surface area contributed by atoms with Gasteiger partial charge in [0.25, 0.3) is 0 Å². The van der Waals surface area contributed by atoms with Crippen LogP contribution in [0.5, 0.6) is 0 Å². The molecule has 1 saturated heterocycles. The first-order valence-electron chi connectivity index (χ1n) is 7.74. The number of nitrogens with zero attached hydrogens (tertiary/aromatic N) is 3. The van der Waals surface area contributed by atoms with E-state index in [1.54, 1.807) is 12.4 Å². The van der Waals surface area contributed by atoms with E-state index in [9.17, 15) is 4.79 Å². The number of carbonyl (C=O) groups is 1. The van der Waals surface area contributed by atoms with Crippen LogP contribution in [-0.4, -0.2) is 40.4 Å². The van der Waals surface area contributed by atoms with Gasteiger partial charge in [0.1, 0.15) is 0 Å². The van der Waals surface area contributed by atoms with E-state index in [0.717, 1.165) is 19.5 Å². The highest BCUT2D eigenvalue weighted by Gasteiger charge is 2.29. The molecule has 2 aromatic rings. The Labute approximate surface area is 140 Å². The van der Waals surface area contributed by atoms with Crippen molar-refractivity contribution in [2.24, 2.45) is 5.92 Å². The molecule has 23 heavy (non-hydrogen) atoms. The van der Waals surface area contributed by atoms with Gasteiger partial charge in [-0.25, -0.2) is 9.97 Å². The van der Waals surface area contributed by atoms with Crippen molar-refractivity contribution in [2.45, 2.75) is 12.8 Å². The number of anilines is 1. The highest BCUT2D eigenvalue weighted by Crippen LogP contribution is 2.18. The maximum atomic E-state index is 12.1. The number of hydrogen-bond donors (Lipinski definition) is 1. The molecule has 1 atom stereocenters. The molecule has 0 spiro atoms. The Bertz CT molecular complexity index is 647. The molecule has 1 aliphatic rings. The van der Waals surface area contributed by atoms with Crippen molar-refractivity contribution in [3.8, 4) is 0 Å². The number of likely N-dealkylation sites (tertiary alicyclic amines) is 1. The van der Waals surface area contributed by atoms with Crippen LogP contribution in [-0.2, 0) is 11.2 Å². The molecule has 6 heteroatoms. The molecule has 1 aromatic heterocycles. The monoisotopic (exact) mass is 330 g/mol. The second-order valence-electron chi connectivity index (χ2n) is 5.75. The van der Waals surface area contributed by atoms with Gasteiger partial charge in [-0.05, 0) is 12.0 Å². The van der Waals surface area contributed by atoms with E-state index in [2.05, 4.69) is 27.4 Å². The van der Waals surface area contributed by atoms with E-state index in [0.29, 0.717) is 23.9 Å². The number of benzene rings is 1. The number of amides is 1. The molecule has 120 valence electrons. The summed E-state index contributed by atoms with van der Waals surface area (Å²) in [5.41, 5.74) is 1.26. The van der Waals surface area contributed by atoms with Crippen molar-refractivity contribution in [1.82, 2.24) is 14.9 Å². The largest absolute Gasteiger partial charge is 0.354 e. The number of carbonyl (C=O) groups excluding carboxylic acids is 1. The van der Waals surface area contributed by atoms with Gasteiger partial charge in [-0.2, -0.15) is 0 Å². The Hall–Kier alpha value is -2.14. The second kappa shape index (κ2) is 7.42. The van der Waals surface area contributed by atoms with Crippen LogP contribution >= 0.6 is 11.6 Å². The normalized spacial score (nSPS) is 17.5. The van der Waals surface area contributed by atoms with Crippen molar-refractivity contribution in [1.29, 1.82) is 0 Å². The van der Waals surface area contributed by atoms with Crippen LogP contribution in [0.1, 0.15) is 12.0 Å². The minimum Gasteiger partial charge on any atom is -0.354 e. The van der Waals surface area contributed by atoms with Crippen molar-refractivity contribution in [2.75, 3.05) is 25.0 Å². The van der Waals surface area contributed by atoms with Gasteiger partial charge < -0.3 is 10.2 Å². The first-order chi connectivity index (χ1) is 11.2. The Balaban J connectivity index is 1.46. The third-order valence-corrected chi connectivity index (χ3v) is 4.17. The molecule has 1 aromatic carbocycles. The fourth-order valence-corrected chi connectivity index (χ4v) is 2.85. The Morgan fingerprint density at radius 3 is 2.70 bits per heavy atom. The summed E-state index contributed by atoms with van der Waals surface area (Å²) in [4.78, 5) is 22.3. The molecule has 0 bridgehead atoms. The fourth-order valence-electron chi connectivity index (χ4n) is 2.75. The lowest BCUT2D eigenvalue weighted by atomic mass is 10.1. The summed E-state index contributed by atoms with van der Waals surface area (Å²) in [6.45, 7) is 2.25. The van der Waals surface area contributed by atoms with Crippen molar-refractivity contribution in [3.05, 3.63) is 53.3 Å². The van der Waals surface area contributed by atoms with Gasteiger partial charge in [-0.3, -0.25) is 4.79 Å². The van der Waals surface area contributed by atoms with Gasteiger partial charge in [0.2, 0.25) is 11.9 Å². The van der Waals surface area contributed by atoms with Crippen LogP contribution in [0.25, 0.3) is 0 Å². The summed E-state index contributed by atoms with van der Waals surface area (Å²) >= 11 is 5.76. The molecule has 0 radical (unpaired) electrons. The van der Waals surface area contributed by atoms with Crippen LogP contribution in [0.2, 0.25) is 5.02 Å². The van der Waals surface area contributed by atoms with E-state index >= 15 is 0 Å². The number of nitrogens with one attached hydrogen (secondary N) is 1. The summed E-state index contributed by atoms with van der Waals surface area (Å²) in [6, 6.07) is 10.2. The lowest BCUT2D eigenvalue weighted by Crippen LogP contribution is -2.28. The highest BCUT2D eigenvalue weighted by molar-refractivity contribution is 6.30. The standard InChI is InChI=1S/C17H19ClN4O/c18-15-10-20-17(21-11-15)19-9-14-8-16(23)22(12-14)7-6-13-4-2-1-3-5-13/h1-5,10-11,14H,6-9,12H2,(H,19,20,21)/t14-/m0/s1. The summed E-state index contributed by atoms with van der Waals surface area (Å²) in [5, 5.41) is 3.68. The van der Waals surface area contributed by atoms with Gasteiger partial charge in [0.05, 0.1) is 17.4 Å². The smallest absolute Gasteiger partial charge is 0.223 e. The van der Waals surface area contributed by atoms with E-state index in [4.69, 9.17) is 11.6 Å². The predicted octanol–water partition coefficient (Wildman–Crippen LogP) is 2.63. The molecule has 1 amide bonds. The van der Waals surface area contributed by atoms with Crippen molar-refractivity contribution in [3.63, 3.8) is 0 Å². The van der Waals surface area contributed by atoms with Crippen LogP contribution in [0, 0.1) is 5.92 Å². The number of rotatable bonds is 6. The molecule has 5 nitrogen and oxygen atoms in total. The minimum absolute atomic E-state index is 0.227. The van der Waals surface area contributed by atoms with Crippen LogP contribution in [0.4, 0.5) is 5.95 Å². The number of halogens is 1. The molecule has 1 N–H and O–H groups in total. The molecular formula is C17H19ClN4O. The lowest BCUT2D eigenvalue weighted by Gasteiger charge is -2.17. The van der Waals surface area contributed by atoms with E-state index in [1.807, 2.05) is 23.1 Å². The zero-order valence-corrected chi connectivity index (χ0v) is 13.5. The Morgan fingerprint density at radius 1 is 1.22 bits per heavy atom. The molecular weight excluding hydrogens is 312 g/mol. The summed E-state index contributed by atoms with van der Waals surface area (Å²) < 4.78 is 0. The number of aromatic nitrogens is 2. The topological polar surface area (TPSA) is 58.1 Å². The van der Waals surface area contributed by atoms with Crippen LogP contribution in [0.15, 0.2) is 42.7 Å². The van der Waals surface area contributed by atoms with Crippen LogP contribution < -0.4 is 5.32 Å². The van der Waals surface area contributed by atoms with E-state index < -0.39 is 0 Å². The second-order valence-corrected chi connectivity index (χ2v) is 6.19. The van der Waals surface area contributed by atoms with Gasteiger partial charge in [0, 0.05) is 32.0 Å². The van der Waals surface area contributed by atoms with Gasteiger partial charge in [-0.1, -0.05) is 41.9 Å². The molecule has 0 saturated carbocycles. The third-order valence-electron chi connectivity index (χ3n) is 3.98. The first kappa shape index (κ1) is 15.7. The average Bonchev–Trinajstić information content (AvgIpc) is 2.93. The number of hydrogen-bond acceptors (Lipinski definition) is 4. The van der Waals surface area contributed by atoms with Crippen molar-refractivity contribution >= 4 is 23.5 Å². The Kier molecular flexibility index (Phi) is 5.08. The SMILES string of the molecule is O=C1C[C@@H](CNc2ncc(Cl)cn2)CN1CCc1ccccc1. The quantitative estimate of drug-likeness (QED) is 0.884. The van der Waals surface area contributed by atoms with E-state index in [-0.39, 0.29) is 11.8 Å². The third kappa shape index (κ3) is 4.42. The highest BCUT2D eigenvalue weighted by atomic mass is 35.5. The average molecular weight is 331 g/mol. The Morgan fingerprint density at radius 2 is 1.96 bits per heavy atom. The zero-order valence-electron chi connectivity index (χ0n) is 12.8. The van der Waals surface area contributed by atoms with Gasteiger partial charge in [0.15, 0.2) is 0 Å². The van der Waals surface area contributed by atoms with Crippen molar-refractivity contribution < 1.29 is 4.79 Å². The van der Waals surface area contributed by atoms with Gasteiger partial charge in [-0.15, -0.1) is 0 Å². The summed E-state index contributed by atoms with van der Waals surface area (Å²) in [6.07, 6.45) is 4.59. The zero-order chi connectivity index (χ0) is 16.1. The maximum Gasteiger partial charge on any atom is 0.223 e. The molecule has 3 rings (SSSR count). The fraction of sp³-hybridized carbons (Fsp3) is 0.353. The molecule has 1 fully saturated rings. The molecule has 0 aliphatic carbocycles. The summed E-state index contributed by atoms with van der Waals surface area (Å²) in [5.74, 6) is 1.06. The minimum atomic E-state index is 0.227. The van der Waals surface area contributed by atoms with E-state index in [1.165, 1.54) is 5.56 Å². The molecule has 2 heterocycles.